The SMILES string of the molecule is O=C(Cl)N1C[C@@H](CCOc2ccc(Cl)cn2)[C@@H](c2ccc(Cl)c(Cl)c2)C1. The summed E-state index contributed by atoms with van der Waals surface area (Å²) in [6.45, 7) is 1.59. The van der Waals surface area contributed by atoms with Crippen LogP contribution >= 0.6 is 46.4 Å². The largest absolute Gasteiger partial charge is 0.478 e. The van der Waals surface area contributed by atoms with E-state index in [4.69, 9.17) is 51.1 Å². The van der Waals surface area contributed by atoms with Crippen molar-refractivity contribution in [2.24, 2.45) is 5.92 Å². The summed E-state index contributed by atoms with van der Waals surface area (Å²) in [5.41, 5.74) is 1.04. The van der Waals surface area contributed by atoms with Gasteiger partial charge in [-0.05, 0) is 47.7 Å². The molecule has 3 rings (SSSR count). The summed E-state index contributed by atoms with van der Waals surface area (Å²) in [6.07, 6.45) is 2.29. The third-order valence-corrected chi connectivity index (χ3v) is 5.70. The average molecular weight is 434 g/mol. The lowest BCUT2D eigenvalue weighted by molar-refractivity contribution is 0.227. The summed E-state index contributed by atoms with van der Waals surface area (Å²) in [5.74, 6) is 0.834. The minimum atomic E-state index is -0.446. The summed E-state index contributed by atoms with van der Waals surface area (Å²) in [7, 11) is 0. The zero-order chi connectivity index (χ0) is 18.7. The Morgan fingerprint density at radius 1 is 1.15 bits per heavy atom. The Kier molecular flexibility index (Phi) is 6.51. The summed E-state index contributed by atoms with van der Waals surface area (Å²) in [6, 6.07) is 9.02. The van der Waals surface area contributed by atoms with Gasteiger partial charge in [-0.15, -0.1) is 0 Å². The number of carbonyl (C=O) groups is 1. The molecule has 1 aromatic carbocycles. The van der Waals surface area contributed by atoms with Gasteiger partial charge in [-0.25, -0.2) is 4.98 Å². The molecule has 1 fully saturated rings. The minimum absolute atomic E-state index is 0.120. The second-order valence-corrected chi connectivity index (χ2v) is 7.72. The van der Waals surface area contributed by atoms with Crippen LogP contribution in [0.4, 0.5) is 4.79 Å². The first-order valence-electron chi connectivity index (χ1n) is 8.07. The zero-order valence-electron chi connectivity index (χ0n) is 13.7. The number of pyridine rings is 1. The average Bonchev–Trinajstić information content (AvgIpc) is 3.04. The van der Waals surface area contributed by atoms with E-state index < -0.39 is 5.37 Å². The highest BCUT2D eigenvalue weighted by Crippen LogP contribution is 2.37. The zero-order valence-corrected chi connectivity index (χ0v) is 16.7. The fourth-order valence-corrected chi connectivity index (χ4v) is 3.75. The summed E-state index contributed by atoms with van der Waals surface area (Å²) < 4.78 is 5.69. The van der Waals surface area contributed by atoms with Gasteiger partial charge < -0.3 is 9.64 Å². The molecule has 0 N–H and O–H groups in total. The monoisotopic (exact) mass is 432 g/mol. The number of likely N-dealkylation sites (tertiary alicyclic amines) is 1. The van der Waals surface area contributed by atoms with Gasteiger partial charge >= 0.3 is 5.37 Å². The van der Waals surface area contributed by atoms with Crippen molar-refractivity contribution in [3.8, 4) is 5.88 Å². The number of ether oxygens (including phenoxy) is 1. The minimum Gasteiger partial charge on any atom is -0.478 e. The molecule has 0 unspecified atom stereocenters. The molecule has 0 aliphatic carbocycles. The van der Waals surface area contributed by atoms with E-state index in [0.717, 1.165) is 12.0 Å². The molecule has 1 amide bonds. The Morgan fingerprint density at radius 3 is 2.62 bits per heavy atom. The Bertz CT molecular complexity index is 785. The van der Waals surface area contributed by atoms with Gasteiger partial charge in [0.2, 0.25) is 5.88 Å². The van der Waals surface area contributed by atoms with E-state index in [2.05, 4.69) is 4.98 Å². The molecule has 1 aliphatic heterocycles. The number of hydrogen-bond donors (Lipinski definition) is 0. The van der Waals surface area contributed by atoms with Gasteiger partial charge in [0.1, 0.15) is 0 Å². The topological polar surface area (TPSA) is 42.4 Å². The van der Waals surface area contributed by atoms with E-state index in [1.807, 2.05) is 12.1 Å². The lowest BCUT2D eigenvalue weighted by Crippen LogP contribution is -2.23. The number of nitrogens with zero attached hydrogens (tertiary/aromatic N) is 2. The van der Waals surface area contributed by atoms with E-state index in [-0.39, 0.29) is 11.8 Å². The number of halogens is 4. The molecule has 0 radical (unpaired) electrons. The van der Waals surface area contributed by atoms with Crippen LogP contribution in [0.3, 0.4) is 0 Å². The lowest BCUT2D eigenvalue weighted by Gasteiger charge is -2.19. The standard InChI is InChI=1S/C18H16Cl4N2O2/c19-13-2-4-17(23-8-13)26-6-5-12-9-24(18(22)25)10-14(12)11-1-3-15(20)16(21)7-11/h1-4,7-8,12,14H,5-6,9-10H2/t12-,14-/m1/s1. The lowest BCUT2D eigenvalue weighted by atomic mass is 9.87. The molecule has 26 heavy (non-hydrogen) atoms. The molecule has 138 valence electrons. The van der Waals surface area contributed by atoms with Gasteiger partial charge in [0.25, 0.3) is 0 Å². The van der Waals surface area contributed by atoms with Crippen molar-refractivity contribution in [3.05, 3.63) is 57.2 Å². The van der Waals surface area contributed by atoms with Crippen molar-refractivity contribution < 1.29 is 9.53 Å². The molecule has 0 spiro atoms. The highest BCUT2D eigenvalue weighted by atomic mass is 35.5. The van der Waals surface area contributed by atoms with E-state index in [1.54, 1.807) is 29.3 Å². The quantitative estimate of drug-likeness (QED) is 0.436. The fraction of sp³-hybridized carbons (Fsp3) is 0.333. The van der Waals surface area contributed by atoms with Gasteiger partial charge in [-0.2, -0.15) is 0 Å². The van der Waals surface area contributed by atoms with Crippen molar-refractivity contribution in [3.63, 3.8) is 0 Å². The van der Waals surface area contributed by atoms with Crippen LogP contribution in [0.15, 0.2) is 36.5 Å². The van der Waals surface area contributed by atoms with Gasteiger partial charge in [0.05, 0.1) is 21.7 Å². The van der Waals surface area contributed by atoms with Crippen molar-refractivity contribution in [2.75, 3.05) is 19.7 Å². The Labute approximate surface area is 172 Å². The number of rotatable bonds is 5. The van der Waals surface area contributed by atoms with Crippen LogP contribution in [-0.4, -0.2) is 34.9 Å². The summed E-state index contributed by atoms with van der Waals surface area (Å²) >= 11 is 23.7. The summed E-state index contributed by atoms with van der Waals surface area (Å²) in [5, 5.41) is 1.12. The first-order valence-corrected chi connectivity index (χ1v) is 9.59. The molecule has 8 heteroatoms. The van der Waals surface area contributed by atoms with Crippen molar-refractivity contribution in [2.45, 2.75) is 12.3 Å². The third-order valence-electron chi connectivity index (χ3n) is 4.50. The normalized spacial score (nSPS) is 19.6. The van der Waals surface area contributed by atoms with E-state index >= 15 is 0 Å². The van der Waals surface area contributed by atoms with Crippen LogP contribution in [0.5, 0.6) is 5.88 Å². The van der Waals surface area contributed by atoms with Crippen molar-refractivity contribution in [1.82, 2.24) is 9.88 Å². The van der Waals surface area contributed by atoms with Crippen molar-refractivity contribution >= 4 is 51.8 Å². The van der Waals surface area contributed by atoms with E-state index in [1.165, 1.54) is 0 Å². The first-order chi connectivity index (χ1) is 12.4. The van der Waals surface area contributed by atoms with Crippen LogP contribution in [-0.2, 0) is 0 Å². The third kappa shape index (κ3) is 4.74. The Hall–Kier alpha value is -1.20. The first kappa shape index (κ1) is 19.6. The van der Waals surface area contributed by atoms with Gasteiger partial charge in [0.15, 0.2) is 0 Å². The smallest absolute Gasteiger partial charge is 0.316 e. The van der Waals surface area contributed by atoms with Crippen LogP contribution in [0.2, 0.25) is 15.1 Å². The maximum absolute atomic E-state index is 11.6. The highest BCUT2D eigenvalue weighted by Gasteiger charge is 2.35. The predicted octanol–water partition coefficient (Wildman–Crippen LogP) is 5.89. The molecule has 2 heterocycles. The molecule has 2 aromatic rings. The van der Waals surface area contributed by atoms with Gasteiger partial charge in [0, 0.05) is 31.3 Å². The molecule has 0 saturated carbocycles. The molecule has 4 nitrogen and oxygen atoms in total. The van der Waals surface area contributed by atoms with Crippen LogP contribution in [0, 0.1) is 5.92 Å². The number of hydrogen-bond acceptors (Lipinski definition) is 3. The van der Waals surface area contributed by atoms with Crippen molar-refractivity contribution in [1.29, 1.82) is 0 Å². The fourth-order valence-electron chi connectivity index (χ4n) is 3.19. The number of carbonyl (C=O) groups excluding carboxylic acids is 1. The van der Waals surface area contributed by atoms with E-state index in [9.17, 15) is 4.79 Å². The Morgan fingerprint density at radius 2 is 1.96 bits per heavy atom. The molecule has 1 aromatic heterocycles. The second kappa shape index (κ2) is 8.66. The van der Waals surface area contributed by atoms with Crippen LogP contribution in [0.25, 0.3) is 0 Å². The number of aromatic nitrogens is 1. The maximum atomic E-state index is 11.6. The van der Waals surface area contributed by atoms with Crippen LogP contribution in [0.1, 0.15) is 17.9 Å². The molecule has 1 aliphatic rings. The molecule has 2 atom stereocenters. The predicted molar refractivity (Wildman–Crippen MR) is 105 cm³/mol. The summed E-state index contributed by atoms with van der Waals surface area (Å²) in [4.78, 5) is 17.4. The number of benzene rings is 1. The molecule has 0 bridgehead atoms. The maximum Gasteiger partial charge on any atom is 0.316 e. The Balaban J connectivity index is 1.68. The van der Waals surface area contributed by atoms with Crippen LogP contribution < -0.4 is 4.74 Å². The molecular weight excluding hydrogens is 418 g/mol. The van der Waals surface area contributed by atoms with Gasteiger partial charge in [-0.3, -0.25) is 4.79 Å². The molecular formula is C18H16Cl4N2O2. The van der Waals surface area contributed by atoms with Gasteiger partial charge in [-0.1, -0.05) is 40.9 Å². The highest BCUT2D eigenvalue weighted by molar-refractivity contribution is 6.62. The second-order valence-electron chi connectivity index (χ2n) is 6.15. The molecule has 1 saturated heterocycles. The van der Waals surface area contributed by atoms with E-state index in [0.29, 0.717) is 40.6 Å². The number of amides is 1.